The van der Waals surface area contributed by atoms with E-state index in [9.17, 15) is 9.47 Å². The molecule has 0 N–H and O–H groups in total. The smallest absolute Gasteiger partial charge is 0.0829 e. The monoisotopic (exact) mass is 347 g/mol. The van der Waals surface area contributed by atoms with E-state index in [0.717, 1.165) is 22.4 Å². The second-order valence-electron chi connectivity index (χ2n) is 7.24. The van der Waals surface area contributed by atoms with Gasteiger partial charge in [0, 0.05) is 4.90 Å². The van der Waals surface area contributed by atoms with Gasteiger partial charge in [0.2, 0.25) is 0 Å². The van der Waals surface area contributed by atoms with Gasteiger partial charge in [0.05, 0.1) is 27.5 Å². The number of allylic oxidation sites excluding steroid dienone is 2. The Morgan fingerprint density at radius 1 is 1.12 bits per heavy atom. The lowest BCUT2D eigenvalue weighted by Crippen LogP contribution is -2.42. The van der Waals surface area contributed by atoms with Crippen LogP contribution in [0.15, 0.2) is 71.6 Å². The second kappa shape index (κ2) is 6.28. The van der Waals surface area contributed by atoms with Crippen LogP contribution in [0.4, 0.5) is 0 Å². The fraction of sp³-hybridized carbons (Fsp3) is 0.318. The van der Waals surface area contributed by atoms with Gasteiger partial charge in [-0.3, -0.25) is 4.21 Å². The number of fused-ring (bicyclic) bond motifs is 2. The molecule has 5 atom stereocenters. The van der Waals surface area contributed by atoms with Crippen molar-refractivity contribution in [1.29, 1.82) is 5.26 Å². The zero-order valence-electron chi connectivity index (χ0n) is 14.3. The van der Waals surface area contributed by atoms with Crippen molar-refractivity contribution >= 4 is 10.8 Å². The highest BCUT2D eigenvalue weighted by atomic mass is 32.2. The largest absolute Gasteiger partial charge is 0.254 e. The van der Waals surface area contributed by atoms with Crippen LogP contribution < -0.4 is 0 Å². The Hall–Kier alpha value is -2.18. The highest BCUT2D eigenvalue weighted by Crippen LogP contribution is 2.56. The molecule has 2 nitrogen and oxygen atoms in total. The Morgan fingerprint density at radius 3 is 2.52 bits per heavy atom. The van der Waals surface area contributed by atoms with Gasteiger partial charge in [-0.25, -0.2) is 0 Å². The Kier molecular flexibility index (Phi) is 4.09. The van der Waals surface area contributed by atoms with Crippen molar-refractivity contribution in [1.82, 2.24) is 0 Å². The summed E-state index contributed by atoms with van der Waals surface area (Å²) in [6.45, 7) is 2.03. The van der Waals surface area contributed by atoms with E-state index in [4.69, 9.17) is 0 Å². The predicted molar refractivity (Wildman–Crippen MR) is 100 cm³/mol. The lowest BCUT2D eigenvalue weighted by atomic mass is 9.72. The molecular formula is C22H21NOS. The van der Waals surface area contributed by atoms with Gasteiger partial charge in [0.25, 0.3) is 0 Å². The van der Waals surface area contributed by atoms with Crippen LogP contribution in [-0.2, 0) is 17.2 Å². The first-order valence-corrected chi connectivity index (χ1v) is 9.96. The molecule has 2 aromatic rings. The molecule has 0 radical (unpaired) electrons. The lowest BCUT2D eigenvalue weighted by Gasteiger charge is -2.35. The first-order chi connectivity index (χ1) is 12.1. The minimum atomic E-state index is -1.18. The van der Waals surface area contributed by atoms with E-state index in [0.29, 0.717) is 6.42 Å². The molecule has 0 aromatic heterocycles. The normalized spacial score (nSPS) is 31.0. The summed E-state index contributed by atoms with van der Waals surface area (Å²) in [4.78, 5) is 0.837. The van der Waals surface area contributed by atoms with Crippen molar-refractivity contribution in [2.45, 2.75) is 29.9 Å². The molecule has 0 heterocycles. The number of nitrogens with zero attached hydrogens (tertiary/aromatic N) is 1. The molecule has 4 rings (SSSR count). The predicted octanol–water partition coefficient (Wildman–Crippen LogP) is 4.43. The summed E-state index contributed by atoms with van der Waals surface area (Å²) in [5.41, 5.74) is 1.72. The zero-order valence-corrected chi connectivity index (χ0v) is 15.1. The van der Waals surface area contributed by atoms with Gasteiger partial charge in [0.15, 0.2) is 0 Å². The number of aryl methyl sites for hydroxylation is 1. The van der Waals surface area contributed by atoms with Gasteiger partial charge in [-0.05, 0) is 49.3 Å². The van der Waals surface area contributed by atoms with Crippen LogP contribution in [0.1, 0.15) is 17.5 Å². The Morgan fingerprint density at radius 2 is 1.84 bits per heavy atom. The van der Waals surface area contributed by atoms with E-state index >= 15 is 0 Å². The standard InChI is InChI=1S/C22H21NOS/c1-16-7-11-20(12-8-16)25(24)21-18-9-10-19(13-18)22(21,15-23)14-17-5-3-2-4-6-17/h2-12,18-19,21H,13-14H2,1H3/t18-,19+,21-,22+,25-/m0/s1. The summed E-state index contributed by atoms with van der Waals surface area (Å²) in [6.07, 6.45) is 5.97. The molecule has 2 aliphatic carbocycles. The third kappa shape index (κ3) is 2.65. The number of benzene rings is 2. The van der Waals surface area contributed by atoms with Crippen molar-refractivity contribution < 1.29 is 4.21 Å². The summed E-state index contributed by atoms with van der Waals surface area (Å²) in [5.74, 6) is 0.428. The molecular weight excluding hydrogens is 326 g/mol. The van der Waals surface area contributed by atoms with Crippen molar-refractivity contribution in [2.75, 3.05) is 0 Å². The summed E-state index contributed by atoms with van der Waals surface area (Å²) in [5, 5.41) is 10.0. The van der Waals surface area contributed by atoms with Crippen LogP contribution in [0.5, 0.6) is 0 Å². The summed E-state index contributed by atoms with van der Waals surface area (Å²) in [6, 6.07) is 20.7. The maximum absolute atomic E-state index is 13.4. The Labute approximate surface area is 151 Å². The zero-order chi connectivity index (χ0) is 17.4. The van der Waals surface area contributed by atoms with E-state index in [1.54, 1.807) is 0 Å². The maximum Gasteiger partial charge on any atom is 0.0829 e. The van der Waals surface area contributed by atoms with Crippen molar-refractivity contribution in [3.05, 3.63) is 77.9 Å². The summed E-state index contributed by atoms with van der Waals surface area (Å²) < 4.78 is 13.4. The van der Waals surface area contributed by atoms with Crippen LogP contribution in [0.2, 0.25) is 0 Å². The second-order valence-corrected chi connectivity index (χ2v) is 8.81. The molecule has 0 spiro atoms. The molecule has 3 heteroatoms. The van der Waals surface area contributed by atoms with Crippen LogP contribution >= 0.6 is 0 Å². The molecule has 0 unspecified atom stereocenters. The molecule has 2 aromatic carbocycles. The van der Waals surface area contributed by atoms with Gasteiger partial charge in [-0.2, -0.15) is 5.26 Å². The highest BCUT2D eigenvalue weighted by Gasteiger charge is 2.59. The van der Waals surface area contributed by atoms with Gasteiger partial charge in [0.1, 0.15) is 0 Å². The number of nitriles is 1. The minimum Gasteiger partial charge on any atom is -0.254 e. The van der Waals surface area contributed by atoms with Crippen molar-refractivity contribution in [3.63, 3.8) is 0 Å². The van der Waals surface area contributed by atoms with Crippen LogP contribution in [0, 0.1) is 35.5 Å². The highest BCUT2D eigenvalue weighted by molar-refractivity contribution is 7.85. The third-order valence-corrected chi connectivity index (χ3v) is 7.67. The molecule has 0 aliphatic heterocycles. The van der Waals surface area contributed by atoms with Gasteiger partial charge < -0.3 is 0 Å². The summed E-state index contributed by atoms with van der Waals surface area (Å²) in [7, 11) is -1.18. The summed E-state index contributed by atoms with van der Waals surface area (Å²) >= 11 is 0. The molecule has 1 fully saturated rings. The van der Waals surface area contributed by atoms with E-state index < -0.39 is 16.2 Å². The molecule has 126 valence electrons. The fourth-order valence-electron chi connectivity index (χ4n) is 4.45. The Balaban J connectivity index is 1.74. The molecule has 0 amide bonds. The first-order valence-electron chi connectivity index (χ1n) is 8.75. The van der Waals surface area contributed by atoms with Crippen LogP contribution in [-0.4, -0.2) is 9.46 Å². The molecule has 1 saturated carbocycles. The molecule has 2 aliphatic rings. The number of rotatable bonds is 4. The number of hydrogen-bond acceptors (Lipinski definition) is 2. The topological polar surface area (TPSA) is 40.9 Å². The average Bonchev–Trinajstić information content (AvgIpc) is 3.23. The van der Waals surface area contributed by atoms with E-state index in [-0.39, 0.29) is 17.1 Å². The van der Waals surface area contributed by atoms with Crippen LogP contribution in [0.25, 0.3) is 0 Å². The molecule has 2 bridgehead atoms. The SMILES string of the molecule is Cc1ccc([S@](=O)[C@H]2[C@H]3C=C[C@H](C3)[C@]2(C#N)Cc2ccccc2)cc1. The molecule has 0 saturated heterocycles. The van der Waals surface area contributed by atoms with Gasteiger partial charge in [-0.1, -0.05) is 60.2 Å². The van der Waals surface area contributed by atoms with Crippen LogP contribution in [0.3, 0.4) is 0 Å². The maximum atomic E-state index is 13.4. The number of hydrogen-bond donors (Lipinski definition) is 0. The van der Waals surface area contributed by atoms with E-state index in [2.05, 4.69) is 30.4 Å². The third-order valence-electron chi connectivity index (χ3n) is 5.71. The fourth-order valence-corrected chi connectivity index (χ4v) is 6.36. The average molecular weight is 347 g/mol. The van der Waals surface area contributed by atoms with Gasteiger partial charge >= 0.3 is 0 Å². The Bertz CT molecular complexity index is 865. The van der Waals surface area contributed by atoms with Gasteiger partial charge in [-0.15, -0.1) is 0 Å². The minimum absolute atomic E-state index is 0.143. The quantitative estimate of drug-likeness (QED) is 0.768. The van der Waals surface area contributed by atoms with E-state index in [1.165, 1.54) is 0 Å². The van der Waals surface area contributed by atoms with E-state index in [1.807, 2.05) is 49.4 Å². The lowest BCUT2D eigenvalue weighted by molar-refractivity contribution is 0.330. The van der Waals surface area contributed by atoms with Crippen molar-refractivity contribution in [3.8, 4) is 6.07 Å². The van der Waals surface area contributed by atoms with Crippen molar-refractivity contribution in [2.24, 2.45) is 17.3 Å². The first kappa shape index (κ1) is 16.3. The molecule has 25 heavy (non-hydrogen) atoms.